The fourth-order valence-electron chi connectivity index (χ4n) is 2.04. The van der Waals surface area contributed by atoms with Gasteiger partial charge < -0.3 is 5.11 Å². The molecule has 1 nitrogen and oxygen atoms in total. The second-order valence-electron chi connectivity index (χ2n) is 4.25. The Bertz CT molecular complexity index is 268. The largest absolute Gasteiger partial charge is 0.385 e. The SMILES string of the molecule is CC.CCCCC(O)(CCC)c1ccccc1. The lowest BCUT2D eigenvalue weighted by molar-refractivity contribution is 0.0155. The third-order valence-electron chi connectivity index (χ3n) is 2.92. The molecule has 1 aromatic rings. The molecule has 0 aromatic heterocycles. The Morgan fingerprint density at radius 3 is 2.00 bits per heavy atom. The van der Waals surface area contributed by atoms with Crippen molar-refractivity contribution in [2.24, 2.45) is 0 Å². The Labute approximate surface area is 107 Å². The number of aliphatic hydroxyl groups is 1. The molecular weight excluding hydrogens is 208 g/mol. The van der Waals surface area contributed by atoms with E-state index in [2.05, 4.69) is 13.8 Å². The first-order valence-electron chi connectivity index (χ1n) is 7.01. The molecule has 0 aliphatic heterocycles. The Morgan fingerprint density at radius 2 is 1.53 bits per heavy atom. The summed E-state index contributed by atoms with van der Waals surface area (Å²) in [5.41, 5.74) is 0.465. The van der Waals surface area contributed by atoms with E-state index < -0.39 is 5.60 Å². The summed E-state index contributed by atoms with van der Waals surface area (Å²) in [6.45, 7) is 8.29. The van der Waals surface area contributed by atoms with Crippen molar-refractivity contribution in [1.82, 2.24) is 0 Å². The smallest absolute Gasteiger partial charge is 0.0896 e. The van der Waals surface area contributed by atoms with Crippen molar-refractivity contribution in [3.63, 3.8) is 0 Å². The van der Waals surface area contributed by atoms with Crippen LogP contribution >= 0.6 is 0 Å². The molecule has 1 aromatic carbocycles. The van der Waals surface area contributed by atoms with E-state index in [1.807, 2.05) is 44.2 Å². The summed E-state index contributed by atoms with van der Waals surface area (Å²) < 4.78 is 0. The zero-order chi connectivity index (χ0) is 13.1. The molecule has 1 rings (SSSR count). The number of benzene rings is 1. The molecule has 98 valence electrons. The standard InChI is InChI=1S/C14H22O.C2H6/c1-3-5-12-14(15,11-4-2)13-9-7-6-8-10-13;1-2/h6-10,15H,3-5,11-12H2,1-2H3;1-2H3. The van der Waals surface area contributed by atoms with Crippen LogP contribution in [-0.4, -0.2) is 5.11 Å². The van der Waals surface area contributed by atoms with Crippen LogP contribution in [0.5, 0.6) is 0 Å². The Kier molecular flexibility index (Phi) is 8.79. The first kappa shape index (κ1) is 16.2. The quantitative estimate of drug-likeness (QED) is 0.745. The molecule has 0 saturated carbocycles. The van der Waals surface area contributed by atoms with E-state index in [1.54, 1.807) is 0 Å². The summed E-state index contributed by atoms with van der Waals surface area (Å²) in [6, 6.07) is 10.1. The van der Waals surface area contributed by atoms with E-state index in [-0.39, 0.29) is 0 Å². The van der Waals surface area contributed by atoms with Gasteiger partial charge in [-0.1, -0.05) is 77.3 Å². The lowest BCUT2D eigenvalue weighted by atomic mass is 9.85. The summed E-state index contributed by atoms with van der Waals surface area (Å²) in [5.74, 6) is 0. The van der Waals surface area contributed by atoms with Gasteiger partial charge in [0.25, 0.3) is 0 Å². The number of hydrogen-bond acceptors (Lipinski definition) is 1. The van der Waals surface area contributed by atoms with E-state index in [9.17, 15) is 5.11 Å². The van der Waals surface area contributed by atoms with Crippen LogP contribution in [0.25, 0.3) is 0 Å². The van der Waals surface area contributed by atoms with Gasteiger partial charge in [0, 0.05) is 0 Å². The average molecular weight is 236 g/mol. The van der Waals surface area contributed by atoms with Crippen molar-refractivity contribution in [2.75, 3.05) is 0 Å². The zero-order valence-electron chi connectivity index (χ0n) is 11.9. The van der Waals surface area contributed by atoms with Gasteiger partial charge in [-0.05, 0) is 18.4 Å². The molecular formula is C16H28O. The fourth-order valence-corrected chi connectivity index (χ4v) is 2.04. The predicted molar refractivity (Wildman–Crippen MR) is 76.1 cm³/mol. The molecule has 0 bridgehead atoms. The van der Waals surface area contributed by atoms with Crippen molar-refractivity contribution in [3.05, 3.63) is 35.9 Å². The van der Waals surface area contributed by atoms with Gasteiger partial charge in [-0.25, -0.2) is 0 Å². The highest BCUT2D eigenvalue weighted by Gasteiger charge is 2.26. The van der Waals surface area contributed by atoms with Crippen LogP contribution in [0, 0.1) is 0 Å². The van der Waals surface area contributed by atoms with Gasteiger partial charge in [0.2, 0.25) is 0 Å². The fraction of sp³-hybridized carbons (Fsp3) is 0.625. The van der Waals surface area contributed by atoms with Crippen LogP contribution in [0.15, 0.2) is 30.3 Å². The number of unbranched alkanes of at least 4 members (excludes halogenated alkanes) is 1. The maximum absolute atomic E-state index is 10.6. The lowest BCUT2D eigenvalue weighted by Gasteiger charge is -2.28. The van der Waals surface area contributed by atoms with Gasteiger partial charge in [0.15, 0.2) is 0 Å². The average Bonchev–Trinajstić information content (AvgIpc) is 2.40. The minimum atomic E-state index is -0.605. The minimum absolute atomic E-state index is 0.605. The highest BCUT2D eigenvalue weighted by atomic mass is 16.3. The molecule has 0 heterocycles. The van der Waals surface area contributed by atoms with Crippen molar-refractivity contribution in [3.8, 4) is 0 Å². The zero-order valence-corrected chi connectivity index (χ0v) is 11.9. The second-order valence-corrected chi connectivity index (χ2v) is 4.25. The summed E-state index contributed by atoms with van der Waals surface area (Å²) in [7, 11) is 0. The Balaban J connectivity index is 0.00000121. The molecule has 0 aliphatic rings. The maximum Gasteiger partial charge on any atom is 0.0896 e. The van der Waals surface area contributed by atoms with Crippen LogP contribution in [0.4, 0.5) is 0 Å². The van der Waals surface area contributed by atoms with Gasteiger partial charge in [-0.2, -0.15) is 0 Å². The topological polar surface area (TPSA) is 20.2 Å². The molecule has 0 spiro atoms. The van der Waals surface area contributed by atoms with Gasteiger partial charge in [-0.15, -0.1) is 0 Å². The molecule has 0 saturated heterocycles. The molecule has 1 heteroatoms. The predicted octanol–water partition coefficient (Wildman–Crippen LogP) is 4.89. The van der Waals surface area contributed by atoms with Crippen molar-refractivity contribution in [2.45, 2.75) is 65.4 Å². The van der Waals surface area contributed by atoms with Crippen LogP contribution < -0.4 is 0 Å². The summed E-state index contributed by atoms with van der Waals surface area (Å²) in [4.78, 5) is 0. The molecule has 17 heavy (non-hydrogen) atoms. The summed E-state index contributed by atoms with van der Waals surface area (Å²) >= 11 is 0. The number of hydrogen-bond donors (Lipinski definition) is 1. The molecule has 0 amide bonds. The lowest BCUT2D eigenvalue weighted by Crippen LogP contribution is -2.25. The molecule has 1 atom stereocenters. The Morgan fingerprint density at radius 1 is 0.941 bits per heavy atom. The van der Waals surface area contributed by atoms with Gasteiger partial charge in [0.05, 0.1) is 5.60 Å². The van der Waals surface area contributed by atoms with Crippen LogP contribution in [0.3, 0.4) is 0 Å². The molecule has 1 unspecified atom stereocenters. The van der Waals surface area contributed by atoms with E-state index in [1.165, 1.54) is 0 Å². The van der Waals surface area contributed by atoms with Crippen LogP contribution in [0.2, 0.25) is 0 Å². The monoisotopic (exact) mass is 236 g/mol. The highest BCUT2D eigenvalue weighted by Crippen LogP contribution is 2.31. The first-order valence-corrected chi connectivity index (χ1v) is 7.01. The van der Waals surface area contributed by atoms with Crippen molar-refractivity contribution < 1.29 is 5.11 Å². The van der Waals surface area contributed by atoms with Crippen molar-refractivity contribution in [1.29, 1.82) is 0 Å². The molecule has 1 N–H and O–H groups in total. The van der Waals surface area contributed by atoms with Crippen molar-refractivity contribution >= 4 is 0 Å². The number of rotatable bonds is 6. The summed E-state index contributed by atoms with van der Waals surface area (Å²) in [6.07, 6.45) is 4.98. The first-order chi connectivity index (χ1) is 8.23. The Hall–Kier alpha value is -0.820. The third kappa shape index (κ3) is 5.36. The maximum atomic E-state index is 10.6. The van der Waals surface area contributed by atoms with Gasteiger partial charge >= 0.3 is 0 Å². The molecule has 0 radical (unpaired) electrons. The molecule has 0 fully saturated rings. The van der Waals surface area contributed by atoms with E-state index in [0.29, 0.717) is 0 Å². The summed E-state index contributed by atoms with van der Waals surface area (Å²) in [5, 5.41) is 10.6. The van der Waals surface area contributed by atoms with E-state index >= 15 is 0 Å². The van der Waals surface area contributed by atoms with Gasteiger partial charge in [0.1, 0.15) is 0 Å². The highest BCUT2D eigenvalue weighted by molar-refractivity contribution is 5.22. The minimum Gasteiger partial charge on any atom is -0.385 e. The van der Waals surface area contributed by atoms with Crippen LogP contribution in [-0.2, 0) is 5.60 Å². The van der Waals surface area contributed by atoms with E-state index in [0.717, 1.165) is 37.7 Å². The third-order valence-corrected chi connectivity index (χ3v) is 2.92. The van der Waals surface area contributed by atoms with Crippen LogP contribution in [0.1, 0.15) is 65.4 Å². The molecule has 0 aliphatic carbocycles. The second kappa shape index (κ2) is 9.23. The van der Waals surface area contributed by atoms with E-state index in [4.69, 9.17) is 0 Å². The normalized spacial score (nSPS) is 13.5. The van der Waals surface area contributed by atoms with Gasteiger partial charge in [-0.3, -0.25) is 0 Å².